The van der Waals surface area contributed by atoms with Gasteiger partial charge >= 0.3 is 10.3 Å². The summed E-state index contributed by atoms with van der Waals surface area (Å²) in [6.45, 7) is 1.70. The van der Waals surface area contributed by atoms with Crippen LogP contribution in [0.15, 0.2) is 42.6 Å². The minimum atomic E-state index is -4.12. The largest absolute Gasteiger partial charge is 0.390 e. The fraction of sp³-hybridized carbons (Fsp3) is 0.368. The molecule has 3 aromatic rings. The van der Waals surface area contributed by atoms with Gasteiger partial charge in [0.25, 0.3) is 0 Å². The number of anilines is 1. The number of nitrogens with zero attached hydrogens (tertiary/aromatic N) is 3. The molecule has 1 aromatic carbocycles. The highest BCUT2D eigenvalue weighted by molar-refractivity contribution is 7.84. The van der Waals surface area contributed by atoms with E-state index in [0.717, 1.165) is 16.8 Å². The van der Waals surface area contributed by atoms with Crippen LogP contribution in [0.4, 0.5) is 5.82 Å². The molecule has 0 bridgehead atoms. The molecule has 2 aromatic heterocycles. The predicted octanol–water partition coefficient (Wildman–Crippen LogP) is 0.447. The minimum Gasteiger partial charge on any atom is -0.390 e. The van der Waals surface area contributed by atoms with Crippen LogP contribution in [0.25, 0.3) is 16.9 Å². The van der Waals surface area contributed by atoms with Crippen molar-refractivity contribution in [2.45, 2.75) is 31.6 Å². The van der Waals surface area contributed by atoms with Crippen LogP contribution < -0.4 is 10.5 Å². The molecule has 0 spiro atoms. The second-order valence-electron chi connectivity index (χ2n) is 7.50. The van der Waals surface area contributed by atoms with Crippen molar-refractivity contribution < 1.29 is 22.8 Å². The zero-order valence-corrected chi connectivity index (χ0v) is 17.0. The first-order valence-electron chi connectivity index (χ1n) is 9.43. The summed E-state index contributed by atoms with van der Waals surface area (Å²) < 4.78 is 28.2. The van der Waals surface area contributed by atoms with Crippen molar-refractivity contribution in [2.24, 2.45) is 11.1 Å². The molecule has 1 saturated carbocycles. The van der Waals surface area contributed by atoms with E-state index in [2.05, 4.69) is 19.6 Å². The number of aliphatic hydroxyl groups excluding tert-OH is 2. The van der Waals surface area contributed by atoms with Gasteiger partial charge in [0, 0.05) is 23.7 Å². The van der Waals surface area contributed by atoms with E-state index in [0.29, 0.717) is 11.5 Å². The van der Waals surface area contributed by atoms with Gasteiger partial charge in [-0.15, -0.1) is 0 Å². The van der Waals surface area contributed by atoms with Crippen LogP contribution in [0.3, 0.4) is 0 Å². The summed E-state index contributed by atoms with van der Waals surface area (Å²) >= 11 is 0. The van der Waals surface area contributed by atoms with E-state index < -0.39 is 34.5 Å². The van der Waals surface area contributed by atoms with Gasteiger partial charge in [0.15, 0.2) is 5.65 Å². The minimum absolute atomic E-state index is 0.285. The van der Waals surface area contributed by atoms with E-state index in [9.17, 15) is 18.6 Å². The van der Waals surface area contributed by atoms with E-state index in [1.807, 2.05) is 37.3 Å². The smallest absolute Gasteiger partial charge is 0.333 e. The number of aliphatic hydroxyl groups is 2. The van der Waals surface area contributed by atoms with E-state index in [1.54, 1.807) is 16.8 Å². The lowest BCUT2D eigenvalue weighted by Gasteiger charge is -2.19. The summed E-state index contributed by atoms with van der Waals surface area (Å²) in [5.41, 5.74) is 3.46. The van der Waals surface area contributed by atoms with E-state index >= 15 is 0 Å². The average Bonchev–Trinajstić information content (AvgIpc) is 3.24. The Labute approximate surface area is 173 Å². The Bertz CT molecular complexity index is 1170. The highest BCUT2D eigenvalue weighted by Crippen LogP contribution is 2.30. The maximum atomic E-state index is 11.0. The predicted molar refractivity (Wildman–Crippen MR) is 110 cm³/mol. The van der Waals surface area contributed by atoms with Gasteiger partial charge in [0.1, 0.15) is 11.9 Å². The molecule has 10 nitrogen and oxygen atoms in total. The highest BCUT2D eigenvalue weighted by atomic mass is 32.2. The summed E-state index contributed by atoms with van der Waals surface area (Å²) in [5.74, 6) is -0.00297. The molecule has 160 valence electrons. The molecule has 0 unspecified atom stereocenters. The van der Waals surface area contributed by atoms with Crippen LogP contribution in [0.5, 0.6) is 0 Å². The van der Waals surface area contributed by atoms with Crippen molar-refractivity contribution in [3.05, 3.63) is 48.2 Å². The first-order chi connectivity index (χ1) is 14.2. The van der Waals surface area contributed by atoms with Gasteiger partial charge in [0.2, 0.25) is 0 Å². The Kier molecular flexibility index (Phi) is 5.47. The summed E-state index contributed by atoms with van der Waals surface area (Å²) in [4.78, 5) is 4.34. The second-order valence-corrected chi connectivity index (χ2v) is 8.73. The van der Waals surface area contributed by atoms with Gasteiger partial charge < -0.3 is 15.5 Å². The SMILES string of the molecule is Cc1cccc(-c2cc3nccc(N[C@@H]4C[C@H](COS(N)(=O)=O)[C@@H](O)[C@H]4O)n3n2)c1. The molecule has 2 heterocycles. The molecule has 1 fully saturated rings. The number of nitrogens with one attached hydrogen (secondary N) is 1. The van der Waals surface area contributed by atoms with Gasteiger partial charge in [-0.3, -0.25) is 4.18 Å². The van der Waals surface area contributed by atoms with Crippen molar-refractivity contribution in [3.63, 3.8) is 0 Å². The number of aromatic nitrogens is 3. The summed E-state index contributed by atoms with van der Waals surface area (Å²) in [5, 5.41) is 33.3. The molecule has 0 saturated heterocycles. The lowest BCUT2D eigenvalue weighted by Crippen LogP contribution is -2.36. The number of nitrogens with two attached hydrogens (primary N) is 1. The van der Waals surface area contributed by atoms with Crippen LogP contribution in [0.2, 0.25) is 0 Å². The van der Waals surface area contributed by atoms with Crippen molar-refractivity contribution in [3.8, 4) is 11.3 Å². The molecular formula is C19H23N5O5S. The van der Waals surface area contributed by atoms with E-state index in [-0.39, 0.29) is 13.0 Å². The van der Waals surface area contributed by atoms with Crippen LogP contribution >= 0.6 is 0 Å². The first kappa shape index (κ1) is 20.7. The first-order valence-corrected chi connectivity index (χ1v) is 10.9. The number of hydrogen-bond acceptors (Lipinski definition) is 8. The Morgan fingerprint density at radius 1 is 1.27 bits per heavy atom. The van der Waals surface area contributed by atoms with Gasteiger partial charge in [-0.25, -0.2) is 10.1 Å². The number of fused-ring (bicyclic) bond motifs is 1. The zero-order chi connectivity index (χ0) is 21.5. The fourth-order valence-electron chi connectivity index (χ4n) is 3.76. The molecule has 0 amide bonds. The lowest BCUT2D eigenvalue weighted by atomic mass is 10.1. The molecule has 4 rings (SSSR count). The van der Waals surface area contributed by atoms with Crippen molar-refractivity contribution in [2.75, 3.05) is 11.9 Å². The molecule has 5 N–H and O–H groups in total. The van der Waals surface area contributed by atoms with Gasteiger partial charge in [-0.1, -0.05) is 23.8 Å². The Morgan fingerprint density at radius 2 is 2.07 bits per heavy atom. The third-order valence-corrected chi connectivity index (χ3v) is 5.72. The Balaban J connectivity index is 1.56. The number of aryl methyl sites for hydroxylation is 1. The second kappa shape index (κ2) is 7.93. The summed E-state index contributed by atoms with van der Waals surface area (Å²) in [6, 6.07) is 11.0. The van der Waals surface area contributed by atoms with Crippen LogP contribution in [-0.4, -0.2) is 58.1 Å². The topological polar surface area (TPSA) is 152 Å². The fourth-order valence-corrected chi connectivity index (χ4v) is 4.12. The van der Waals surface area contributed by atoms with Gasteiger partial charge in [-0.05, 0) is 25.5 Å². The normalized spacial score (nSPS) is 24.4. The van der Waals surface area contributed by atoms with E-state index in [1.165, 1.54) is 0 Å². The van der Waals surface area contributed by atoms with Crippen LogP contribution in [-0.2, 0) is 14.5 Å². The molecule has 1 aliphatic carbocycles. The third kappa shape index (κ3) is 4.30. The van der Waals surface area contributed by atoms with Crippen LogP contribution in [0, 0.1) is 12.8 Å². The zero-order valence-electron chi connectivity index (χ0n) is 16.2. The molecule has 11 heteroatoms. The number of benzene rings is 1. The average molecular weight is 433 g/mol. The number of hydrogen-bond donors (Lipinski definition) is 4. The summed E-state index contributed by atoms with van der Waals surface area (Å²) in [7, 11) is -4.12. The van der Waals surface area contributed by atoms with Crippen molar-refractivity contribution in [1.82, 2.24) is 14.6 Å². The molecule has 0 radical (unpaired) electrons. The maximum Gasteiger partial charge on any atom is 0.333 e. The standard InChI is InChI=1S/C19H23N5O5S/c1-11-3-2-4-12(7-11)14-9-17-21-6-5-16(24(17)23-14)22-15-8-13(18(25)19(15)26)10-29-30(20,27)28/h2-7,9,13,15,18-19,22,25-26H,8,10H2,1H3,(H2,20,27,28)/t13-,15-,18-,19+/m1/s1. The summed E-state index contributed by atoms with van der Waals surface area (Å²) in [6.07, 6.45) is -0.358. The monoisotopic (exact) mass is 433 g/mol. The van der Waals surface area contributed by atoms with Crippen LogP contribution in [0.1, 0.15) is 12.0 Å². The molecule has 4 atom stereocenters. The van der Waals surface area contributed by atoms with Crippen molar-refractivity contribution in [1.29, 1.82) is 0 Å². The van der Waals surface area contributed by atoms with Gasteiger partial charge in [0.05, 0.1) is 24.4 Å². The van der Waals surface area contributed by atoms with Gasteiger partial charge in [-0.2, -0.15) is 18.0 Å². The Hall–Kier alpha value is -2.57. The highest BCUT2D eigenvalue weighted by Gasteiger charge is 2.42. The molecule has 1 aliphatic rings. The third-order valence-electron chi connectivity index (χ3n) is 5.25. The Morgan fingerprint density at radius 3 is 2.80 bits per heavy atom. The lowest BCUT2D eigenvalue weighted by molar-refractivity contribution is 0.00777. The molecule has 30 heavy (non-hydrogen) atoms. The quantitative estimate of drug-likeness (QED) is 0.437. The maximum absolute atomic E-state index is 11.0. The number of rotatable bonds is 6. The van der Waals surface area contributed by atoms with Crippen molar-refractivity contribution >= 4 is 21.8 Å². The molecular weight excluding hydrogens is 410 g/mol. The molecule has 0 aliphatic heterocycles. The van der Waals surface area contributed by atoms with E-state index in [4.69, 9.17) is 5.14 Å².